The number of hydrogen-bond acceptors (Lipinski definition) is 4. The van der Waals surface area contributed by atoms with E-state index in [2.05, 4.69) is 26.1 Å². The van der Waals surface area contributed by atoms with Gasteiger partial charge >= 0.3 is 0 Å². The highest BCUT2D eigenvalue weighted by atomic mass is 79.9. The molecule has 0 spiro atoms. The maximum absolute atomic E-state index is 12.9. The van der Waals surface area contributed by atoms with E-state index in [1.165, 1.54) is 0 Å². The van der Waals surface area contributed by atoms with Gasteiger partial charge in [0.05, 0.1) is 28.0 Å². The van der Waals surface area contributed by atoms with Gasteiger partial charge in [0.2, 0.25) is 0 Å². The van der Waals surface area contributed by atoms with Crippen LogP contribution in [-0.2, 0) is 0 Å². The first-order valence-electron chi connectivity index (χ1n) is 10.9. The third-order valence-corrected chi connectivity index (χ3v) is 6.76. The van der Waals surface area contributed by atoms with Crippen LogP contribution < -0.4 is 15.0 Å². The number of halogens is 2. The number of ether oxygens (including phenoxy) is 1. The SMILES string of the molecule is COc1ccc(C(=O)Nc2cccc(Cl)c2N2CCN(C(=O)c3ccc(C)cc3)CC2)cc1Br. The van der Waals surface area contributed by atoms with Crippen LogP contribution in [0.5, 0.6) is 5.75 Å². The summed E-state index contributed by atoms with van der Waals surface area (Å²) in [7, 11) is 1.58. The number of piperazine rings is 1. The van der Waals surface area contributed by atoms with Crippen molar-refractivity contribution in [1.82, 2.24) is 4.90 Å². The molecule has 2 amide bonds. The number of methoxy groups -OCH3 is 1. The van der Waals surface area contributed by atoms with Crippen LogP contribution in [0.25, 0.3) is 0 Å². The lowest BCUT2D eigenvalue weighted by Crippen LogP contribution is -2.49. The van der Waals surface area contributed by atoms with Crippen LogP contribution in [-0.4, -0.2) is 50.0 Å². The normalized spacial score (nSPS) is 13.5. The highest BCUT2D eigenvalue weighted by Crippen LogP contribution is 2.35. The van der Waals surface area contributed by atoms with Crippen molar-refractivity contribution in [2.45, 2.75) is 6.92 Å². The molecule has 3 aromatic carbocycles. The van der Waals surface area contributed by atoms with Crippen LogP contribution in [0.1, 0.15) is 26.3 Å². The number of nitrogens with one attached hydrogen (secondary N) is 1. The second kappa shape index (κ2) is 10.5. The zero-order valence-electron chi connectivity index (χ0n) is 19.0. The van der Waals surface area contributed by atoms with E-state index in [0.29, 0.717) is 58.2 Å². The lowest BCUT2D eigenvalue weighted by atomic mass is 10.1. The molecule has 1 saturated heterocycles. The minimum absolute atomic E-state index is 0.0254. The first kappa shape index (κ1) is 24.1. The van der Waals surface area contributed by atoms with Crippen molar-refractivity contribution in [3.63, 3.8) is 0 Å². The molecule has 6 nitrogen and oxygen atoms in total. The van der Waals surface area contributed by atoms with E-state index >= 15 is 0 Å². The average molecular weight is 543 g/mol. The third kappa shape index (κ3) is 5.21. The summed E-state index contributed by atoms with van der Waals surface area (Å²) in [5.41, 5.74) is 3.69. The van der Waals surface area contributed by atoms with E-state index in [4.69, 9.17) is 16.3 Å². The molecule has 0 aromatic heterocycles. The summed E-state index contributed by atoms with van der Waals surface area (Å²) in [5, 5.41) is 3.54. The lowest BCUT2D eigenvalue weighted by molar-refractivity contribution is 0.0746. The van der Waals surface area contributed by atoms with Crippen LogP contribution in [0.15, 0.2) is 65.1 Å². The highest BCUT2D eigenvalue weighted by Gasteiger charge is 2.25. The van der Waals surface area contributed by atoms with E-state index in [1.807, 2.05) is 48.2 Å². The third-order valence-electron chi connectivity index (χ3n) is 5.83. The Labute approximate surface area is 212 Å². The van der Waals surface area contributed by atoms with Gasteiger partial charge in [-0.3, -0.25) is 9.59 Å². The minimum atomic E-state index is -0.250. The number of carbonyl (C=O) groups excluding carboxylic acids is 2. The van der Waals surface area contributed by atoms with Gasteiger partial charge in [-0.1, -0.05) is 35.4 Å². The van der Waals surface area contributed by atoms with Crippen molar-refractivity contribution in [2.24, 2.45) is 0 Å². The summed E-state index contributed by atoms with van der Waals surface area (Å²) in [5.74, 6) is 0.426. The molecule has 0 saturated carbocycles. The summed E-state index contributed by atoms with van der Waals surface area (Å²) in [6.07, 6.45) is 0. The Morgan fingerprint density at radius 3 is 2.29 bits per heavy atom. The summed E-state index contributed by atoms with van der Waals surface area (Å²) < 4.78 is 5.94. The van der Waals surface area contributed by atoms with E-state index in [-0.39, 0.29) is 11.8 Å². The molecule has 1 heterocycles. The van der Waals surface area contributed by atoms with Crippen LogP contribution in [0.4, 0.5) is 11.4 Å². The van der Waals surface area contributed by atoms with E-state index in [1.54, 1.807) is 31.4 Å². The number of benzene rings is 3. The molecule has 8 heteroatoms. The fourth-order valence-electron chi connectivity index (χ4n) is 3.95. The van der Waals surface area contributed by atoms with Gasteiger partial charge in [-0.15, -0.1) is 0 Å². The molecule has 1 fully saturated rings. The van der Waals surface area contributed by atoms with Crippen molar-refractivity contribution < 1.29 is 14.3 Å². The molecule has 1 aliphatic heterocycles. The molecular formula is C26H25BrClN3O3. The first-order chi connectivity index (χ1) is 16.4. The number of para-hydroxylation sites is 1. The first-order valence-corrected chi connectivity index (χ1v) is 12.1. The molecule has 0 atom stereocenters. The Balaban J connectivity index is 1.48. The molecule has 1 aliphatic rings. The predicted octanol–water partition coefficient (Wildman–Crippen LogP) is 5.63. The van der Waals surface area contributed by atoms with Crippen molar-refractivity contribution in [3.8, 4) is 5.75 Å². The number of aryl methyl sites for hydroxylation is 1. The van der Waals surface area contributed by atoms with Crippen molar-refractivity contribution in [2.75, 3.05) is 43.5 Å². The van der Waals surface area contributed by atoms with Gasteiger partial charge in [0, 0.05) is 37.3 Å². The van der Waals surface area contributed by atoms with Crippen LogP contribution in [0.3, 0.4) is 0 Å². The van der Waals surface area contributed by atoms with Gasteiger partial charge in [-0.25, -0.2) is 0 Å². The maximum Gasteiger partial charge on any atom is 0.255 e. The molecule has 0 bridgehead atoms. The fraction of sp³-hybridized carbons (Fsp3) is 0.231. The number of carbonyl (C=O) groups is 2. The smallest absolute Gasteiger partial charge is 0.255 e. The average Bonchev–Trinajstić information content (AvgIpc) is 2.84. The van der Waals surface area contributed by atoms with E-state index in [0.717, 1.165) is 11.3 Å². The minimum Gasteiger partial charge on any atom is -0.496 e. The van der Waals surface area contributed by atoms with Gasteiger partial charge in [0.25, 0.3) is 11.8 Å². The standard InChI is InChI=1S/C26H25BrClN3O3/c1-17-6-8-18(9-7-17)26(33)31-14-12-30(13-15-31)24-21(28)4-3-5-22(24)29-25(32)19-10-11-23(34-2)20(27)16-19/h3-11,16H,12-15H2,1-2H3,(H,29,32). The van der Waals surface area contributed by atoms with Gasteiger partial charge in [0.15, 0.2) is 0 Å². The zero-order chi connectivity index (χ0) is 24.2. The molecule has 34 heavy (non-hydrogen) atoms. The van der Waals surface area contributed by atoms with Gasteiger partial charge in [-0.2, -0.15) is 0 Å². The molecular weight excluding hydrogens is 518 g/mol. The van der Waals surface area contributed by atoms with Crippen LogP contribution in [0, 0.1) is 6.92 Å². The maximum atomic E-state index is 12.9. The topological polar surface area (TPSA) is 61.9 Å². The molecule has 3 aromatic rings. The zero-order valence-corrected chi connectivity index (χ0v) is 21.3. The number of amides is 2. The molecule has 176 valence electrons. The summed E-state index contributed by atoms with van der Waals surface area (Å²) in [4.78, 5) is 29.8. The lowest BCUT2D eigenvalue weighted by Gasteiger charge is -2.37. The Morgan fingerprint density at radius 1 is 0.971 bits per heavy atom. The predicted molar refractivity (Wildman–Crippen MR) is 139 cm³/mol. The van der Waals surface area contributed by atoms with Crippen molar-refractivity contribution in [1.29, 1.82) is 0 Å². The second-order valence-electron chi connectivity index (χ2n) is 8.08. The quantitative estimate of drug-likeness (QED) is 0.454. The molecule has 0 unspecified atom stereocenters. The Kier molecular flexibility index (Phi) is 7.44. The van der Waals surface area contributed by atoms with Crippen molar-refractivity contribution in [3.05, 3.63) is 86.8 Å². The molecule has 4 rings (SSSR count). The van der Waals surface area contributed by atoms with Crippen LogP contribution >= 0.6 is 27.5 Å². The number of hydrogen-bond donors (Lipinski definition) is 1. The molecule has 0 aliphatic carbocycles. The van der Waals surface area contributed by atoms with Gasteiger partial charge in [0.1, 0.15) is 5.75 Å². The Hall–Kier alpha value is -3.03. The monoisotopic (exact) mass is 541 g/mol. The number of anilines is 2. The fourth-order valence-corrected chi connectivity index (χ4v) is 4.79. The largest absolute Gasteiger partial charge is 0.496 e. The summed E-state index contributed by atoms with van der Waals surface area (Å²) in [6, 6.07) is 18.2. The van der Waals surface area contributed by atoms with Crippen molar-refractivity contribution >= 4 is 50.7 Å². The van der Waals surface area contributed by atoms with Crippen LogP contribution in [0.2, 0.25) is 5.02 Å². The van der Waals surface area contributed by atoms with Gasteiger partial charge < -0.3 is 19.9 Å². The Morgan fingerprint density at radius 2 is 1.65 bits per heavy atom. The summed E-state index contributed by atoms with van der Waals surface area (Å²) >= 11 is 9.99. The number of nitrogens with zero attached hydrogens (tertiary/aromatic N) is 2. The van der Waals surface area contributed by atoms with Gasteiger partial charge in [-0.05, 0) is 65.3 Å². The highest BCUT2D eigenvalue weighted by molar-refractivity contribution is 9.10. The summed E-state index contributed by atoms with van der Waals surface area (Å²) in [6.45, 7) is 4.35. The second-order valence-corrected chi connectivity index (χ2v) is 9.35. The molecule has 0 radical (unpaired) electrons. The molecule has 1 N–H and O–H groups in total. The van der Waals surface area contributed by atoms with E-state index in [9.17, 15) is 9.59 Å². The van der Waals surface area contributed by atoms with E-state index < -0.39 is 0 Å². The number of rotatable bonds is 5. The Bertz CT molecular complexity index is 1210.